The molecular weight excluding hydrogens is 436 g/mol. The lowest BCUT2D eigenvalue weighted by Crippen LogP contribution is -2.41. The van der Waals surface area contributed by atoms with Gasteiger partial charge in [-0.2, -0.15) is 0 Å². The second-order valence-corrected chi connectivity index (χ2v) is 9.11. The highest BCUT2D eigenvalue weighted by atomic mass is 32.2. The van der Waals surface area contributed by atoms with Crippen molar-refractivity contribution < 1.29 is 9.59 Å². The van der Waals surface area contributed by atoms with E-state index in [1.165, 1.54) is 24.1 Å². The van der Waals surface area contributed by atoms with E-state index in [1.807, 2.05) is 35.9 Å². The number of aromatic nitrogens is 4. The molecule has 0 saturated carbocycles. The first-order valence-corrected chi connectivity index (χ1v) is 11.9. The number of H-pyrrole nitrogens is 1. The quantitative estimate of drug-likeness (QED) is 0.312. The number of aryl methyl sites for hydroxylation is 3. The van der Waals surface area contributed by atoms with Crippen LogP contribution in [-0.2, 0) is 25.6 Å². The molecule has 9 heteroatoms. The summed E-state index contributed by atoms with van der Waals surface area (Å²) >= 11 is 1.57. The maximum absolute atomic E-state index is 12.6. The maximum atomic E-state index is 12.6. The first-order chi connectivity index (χ1) is 16.1. The lowest BCUT2D eigenvalue weighted by molar-refractivity contribution is 0.0847. The molecule has 2 aromatic heterocycles. The predicted molar refractivity (Wildman–Crippen MR) is 127 cm³/mol. The second-order valence-electron chi connectivity index (χ2n) is 8.17. The summed E-state index contributed by atoms with van der Waals surface area (Å²) in [5.74, 6) is 0.0138. The highest BCUT2D eigenvalue weighted by Gasteiger charge is 2.17. The zero-order valence-corrected chi connectivity index (χ0v) is 19.0. The van der Waals surface area contributed by atoms with E-state index in [-0.39, 0.29) is 11.8 Å². The first-order valence-electron chi connectivity index (χ1n) is 10.9. The molecule has 0 saturated heterocycles. The standard InChI is InChI=1S/C24H24N6O2S/c1-30-14-25-29-24(30)33-13-15-6-8-16(9-7-15)22(31)27-28-23(32)17-10-11-21-19(12-17)18-4-2-3-5-20(18)26-21/h6-12,14,26H,2-5,13H2,1H3,(H,27,31)(H,28,32). The molecule has 3 N–H and O–H groups in total. The molecule has 2 heterocycles. The van der Waals surface area contributed by atoms with Gasteiger partial charge in [0.15, 0.2) is 5.16 Å². The molecule has 5 rings (SSSR count). The van der Waals surface area contributed by atoms with Crippen molar-refractivity contribution >= 4 is 34.5 Å². The van der Waals surface area contributed by atoms with Crippen molar-refractivity contribution in [3.8, 4) is 0 Å². The zero-order chi connectivity index (χ0) is 22.8. The first kappa shape index (κ1) is 21.3. The summed E-state index contributed by atoms with van der Waals surface area (Å²) in [6, 6.07) is 12.9. The van der Waals surface area contributed by atoms with Crippen molar-refractivity contribution in [2.24, 2.45) is 7.05 Å². The number of rotatable bonds is 5. The highest BCUT2D eigenvalue weighted by molar-refractivity contribution is 7.98. The molecule has 33 heavy (non-hydrogen) atoms. The third kappa shape index (κ3) is 4.49. The van der Waals surface area contributed by atoms with Gasteiger partial charge in [-0.1, -0.05) is 23.9 Å². The van der Waals surface area contributed by atoms with Gasteiger partial charge in [0.05, 0.1) is 0 Å². The van der Waals surface area contributed by atoms with Crippen molar-refractivity contribution in [1.82, 2.24) is 30.6 Å². The number of benzene rings is 2. The normalized spacial score (nSPS) is 13.0. The lowest BCUT2D eigenvalue weighted by Gasteiger charge is -2.11. The molecule has 0 aliphatic heterocycles. The Morgan fingerprint density at radius 3 is 2.52 bits per heavy atom. The van der Waals surface area contributed by atoms with E-state index < -0.39 is 0 Å². The smallest absolute Gasteiger partial charge is 0.269 e. The van der Waals surface area contributed by atoms with Crippen molar-refractivity contribution in [2.45, 2.75) is 36.6 Å². The summed E-state index contributed by atoms with van der Waals surface area (Å²) < 4.78 is 1.86. The van der Waals surface area contributed by atoms with Crippen LogP contribution in [0.1, 0.15) is 50.4 Å². The largest absolute Gasteiger partial charge is 0.358 e. The summed E-state index contributed by atoms with van der Waals surface area (Å²) in [6.07, 6.45) is 6.11. The molecule has 4 aromatic rings. The zero-order valence-electron chi connectivity index (χ0n) is 18.2. The molecule has 0 unspecified atom stereocenters. The summed E-state index contributed by atoms with van der Waals surface area (Å²) in [5.41, 5.74) is 10.7. The minimum atomic E-state index is -0.365. The van der Waals surface area contributed by atoms with E-state index in [0.29, 0.717) is 11.1 Å². The summed E-state index contributed by atoms with van der Waals surface area (Å²) in [5, 5.41) is 9.84. The molecule has 1 aliphatic carbocycles. The van der Waals surface area contributed by atoms with E-state index in [0.717, 1.165) is 40.2 Å². The van der Waals surface area contributed by atoms with Gasteiger partial charge in [0, 0.05) is 40.5 Å². The van der Waals surface area contributed by atoms with Gasteiger partial charge >= 0.3 is 0 Å². The molecular formula is C24H24N6O2S. The van der Waals surface area contributed by atoms with Crippen LogP contribution in [0.3, 0.4) is 0 Å². The number of carbonyl (C=O) groups excluding carboxylic acids is 2. The van der Waals surface area contributed by atoms with Crippen LogP contribution in [0.2, 0.25) is 0 Å². The van der Waals surface area contributed by atoms with Gasteiger partial charge < -0.3 is 9.55 Å². The Labute approximate surface area is 195 Å². The number of carbonyl (C=O) groups is 2. The Morgan fingerprint density at radius 1 is 1.03 bits per heavy atom. The number of thioether (sulfide) groups is 1. The van der Waals surface area contributed by atoms with Gasteiger partial charge in [-0.3, -0.25) is 20.4 Å². The molecule has 0 radical (unpaired) electrons. The minimum Gasteiger partial charge on any atom is -0.358 e. The Balaban J connectivity index is 1.19. The number of hydrazine groups is 1. The Hall–Kier alpha value is -3.59. The van der Waals surface area contributed by atoms with Crippen LogP contribution in [0.25, 0.3) is 10.9 Å². The van der Waals surface area contributed by atoms with Crippen LogP contribution in [0.5, 0.6) is 0 Å². The highest BCUT2D eigenvalue weighted by Crippen LogP contribution is 2.29. The van der Waals surface area contributed by atoms with E-state index in [9.17, 15) is 9.59 Å². The van der Waals surface area contributed by atoms with Crippen molar-refractivity contribution in [2.75, 3.05) is 0 Å². The number of nitrogens with one attached hydrogen (secondary N) is 3. The molecule has 8 nitrogen and oxygen atoms in total. The van der Waals surface area contributed by atoms with E-state index in [4.69, 9.17) is 0 Å². The molecule has 0 atom stereocenters. The molecule has 168 valence electrons. The van der Waals surface area contributed by atoms with Crippen molar-refractivity contribution in [1.29, 1.82) is 0 Å². The fraction of sp³-hybridized carbons (Fsp3) is 0.250. The average Bonchev–Trinajstić information content (AvgIpc) is 3.43. The van der Waals surface area contributed by atoms with Gasteiger partial charge in [-0.15, -0.1) is 10.2 Å². The third-order valence-electron chi connectivity index (χ3n) is 5.90. The van der Waals surface area contributed by atoms with Crippen LogP contribution in [0, 0.1) is 0 Å². The Kier molecular flexibility index (Phi) is 5.87. The van der Waals surface area contributed by atoms with Crippen LogP contribution in [0.4, 0.5) is 0 Å². The van der Waals surface area contributed by atoms with Crippen molar-refractivity contribution in [3.63, 3.8) is 0 Å². The van der Waals surface area contributed by atoms with Crippen molar-refractivity contribution in [3.05, 3.63) is 76.7 Å². The van der Waals surface area contributed by atoms with Gasteiger partial charge in [-0.05, 0) is 67.1 Å². The van der Waals surface area contributed by atoms with E-state index in [1.54, 1.807) is 36.3 Å². The molecule has 0 bridgehead atoms. The van der Waals surface area contributed by atoms with Gasteiger partial charge in [-0.25, -0.2) is 0 Å². The van der Waals surface area contributed by atoms with E-state index in [2.05, 4.69) is 26.0 Å². The summed E-state index contributed by atoms with van der Waals surface area (Å²) in [7, 11) is 1.90. The fourth-order valence-electron chi connectivity index (χ4n) is 4.11. The maximum Gasteiger partial charge on any atom is 0.269 e. The summed E-state index contributed by atoms with van der Waals surface area (Å²) in [6.45, 7) is 0. The number of amides is 2. The predicted octanol–water partition coefficient (Wildman–Crippen LogP) is 3.54. The van der Waals surface area contributed by atoms with Gasteiger partial charge in [0.2, 0.25) is 0 Å². The van der Waals surface area contributed by atoms with Crippen LogP contribution in [-0.4, -0.2) is 31.6 Å². The topological polar surface area (TPSA) is 105 Å². The van der Waals surface area contributed by atoms with Gasteiger partial charge in [0.1, 0.15) is 6.33 Å². The number of nitrogens with zero attached hydrogens (tertiary/aromatic N) is 3. The number of hydrogen-bond donors (Lipinski definition) is 3. The summed E-state index contributed by atoms with van der Waals surface area (Å²) in [4.78, 5) is 28.6. The number of fused-ring (bicyclic) bond motifs is 3. The molecule has 2 amide bonds. The molecule has 0 spiro atoms. The molecule has 2 aromatic carbocycles. The van der Waals surface area contributed by atoms with Crippen LogP contribution < -0.4 is 10.9 Å². The second kappa shape index (κ2) is 9.11. The van der Waals surface area contributed by atoms with Crippen LogP contribution >= 0.6 is 11.8 Å². The monoisotopic (exact) mass is 460 g/mol. The van der Waals surface area contributed by atoms with Crippen LogP contribution in [0.15, 0.2) is 53.9 Å². The average molecular weight is 461 g/mol. The van der Waals surface area contributed by atoms with Gasteiger partial charge in [0.25, 0.3) is 11.8 Å². The SMILES string of the molecule is Cn1cnnc1SCc1ccc(C(=O)NNC(=O)c2ccc3[nH]c4c(c3c2)CCCC4)cc1. The number of aromatic amines is 1. The Morgan fingerprint density at radius 2 is 1.76 bits per heavy atom. The lowest BCUT2D eigenvalue weighted by atomic mass is 9.95. The fourth-order valence-corrected chi connectivity index (χ4v) is 4.95. The third-order valence-corrected chi connectivity index (χ3v) is 7.01. The number of hydrogen-bond acceptors (Lipinski definition) is 5. The Bertz CT molecular complexity index is 1320. The van der Waals surface area contributed by atoms with E-state index >= 15 is 0 Å². The minimum absolute atomic E-state index is 0.340. The molecule has 1 aliphatic rings. The molecule has 0 fully saturated rings.